The smallest absolute Gasteiger partial charge is 0.257 e. The molecule has 0 aromatic heterocycles. The van der Waals surface area contributed by atoms with E-state index in [1.54, 1.807) is 18.2 Å². The van der Waals surface area contributed by atoms with E-state index in [-0.39, 0.29) is 5.91 Å². The molecule has 0 aliphatic carbocycles. The highest BCUT2D eigenvalue weighted by molar-refractivity contribution is 6.37. The molecule has 0 unspecified atom stereocenters. The van der Waals surface area contributed by atoms with Crippen LogP contribution >= 0.6 is 23.2 Å². The Morgan fingerprint density at radius 1 is 1.23 bits per heavy atom. The summed E-state index contributed by atoms with van der Waals surface area (Å²) in [7, 11) is 2.01. The molecule has 4 nitrogen and oxygen atoms in total. The minimum Gasteiger partial charge on any atom is -0.489 e. The number of anilines is 2. The summed E-state index contributed by atoms with van der Waals surface area (Å²) in [6, 6.07) is 10.4. The third kappa shape index (κ3) is 2.98. The van der Waals surface area contributed by atoms with Crippen LogP contribution in [0.5, 0.6) is 5.75 Å². The van der Waals surface area contributed by atoms with Crippen molar-refractivity contribution in [3.05, 3.63) is 52.0 Å². The first-order valence-corrected chi connectivity index (χ1v) is 7.54. The van der Waals surface area contributed by atoms with Gasteiger partial charge in [-0.2, -0.15) is 0 Å². The van der Waals surface area contributed by atoms with Crippen LogP contribution in [0.15, 0.2) is 36.4 Å². The second kappa shape index (κ2) is 6.07. The highest BCUT2D eigenvalue weighted by atomic mass is 35.5. The van der Waals surface area contributed by atoms with E-state index in [0.717, 1.165) is 18.0 Å². The summed E-state index contributed by atoms with van der Waals surface area (Å²) >= 11 is 11.9. The van der Waals surface area contributed by atoms with Crippen molar-refractivity contribution in [2.45, 2.75) is 0 Å². The van der Waals surface area contributed by atoms with Crippen molar-refractivity contribution in [1.82, 2.24) is 0 Å². The van der Waals surface area contributed by atoms with E-state index >= 15 is 0 Å². The maximum Gasteiger partial charge on any atom is 0.257 e. The van der Waals surface area contributed by atoms with E-state index < -0.39 is 0 Å². The SMILES string of the molecule is CN1CCOc2cc(NC(=O)c3ccc(Cl)cc3Cl)ccc21. The molecule has 0 saturated carbocycles. The van der Waals surface area contributed by atoms with E-state index in [1.165, 1.54) is 0 Å². The first kappa shape index (κ1) is 15.0. The fourth-order valence-corrected chi connectivity index (χ4v) is 2.80. The summed E-state index contributed by atoms with van der Waals surface area (Å²) in [6.45, 7) is 1.48. The number of ether oxygens (including phenoxy) is 1. The number of likely N-dealkylation sites (N-methyl/N-ethyl adjacent to an activating group) is 1. The predicted molar refractivity (Wildman–Crippen MR) is 89.6 cm³/mol. The molecule has 1 N–H and O–H groups in total. The molecule has 1 amide bonds. The topological polar surface area (TPSA) is 41.6 Å². The molecule has 22 heavy (non-hydrogen) atoms. The molecule has 2 aromatic rings. The van der Waals surface area contributed by atoms with Crippen LogP contribution in [-0.2, 0) is 0 Å². The lowest BCUT2D eigenvalue weighted by molar-refractivity contribution is 0.102. The molecule has 0 spiro atoms. The molecule has 2 aromatic carbocycles. The van der Waals surface area contributed by atoms with Gasteiger partial charge in [0.15, 0.2) is 0 Å². The standard InChI is InChI=1S/C16H14Cl2N2O2/c1-20-6-7-22-15-9-11(3-5-14(15)20)19-16(21)12-4-2-10(17)8-13(12)18/h2-5,8-9H,6-7H2,1H3,(H,19,21). The number of carbonyl (C=O) groups is 1. The van der Waals surface area contributed by atoms with Gasteiger partial charge in [0.05, 0.1) is 22.8 Å². The zero-order valence-electron chi connectivity index (χ0n) is 11.9. The molecule has 1 heterocycles. The van der Waals surface area contributed by atoms with Crippen LogP contribution in [0.4, 0.5) is 11.4 Å². The summed E-state index contributed by atoms with van der Waals surface area (Å²) in [4.78, 5) is 14.4. The van der Waals surface area contributed by atoms with E-state index in [1.807, 2.05) is 25.2 Å². The Bertz CT molecular complexity index is 734. The van der Waals surface area contributed by atoms with E-state index in [0.29, 0.717) is 27.9 Å². The van der Waals surface area contributed by atoms with Crippen LogP contribution in [0.3, 0.4) is 0 Å². The molecule has 6 heteroatoms. The second-order valence-corrected chi connectivity index (χ2v) is 5.87. The lowest BCUT2D eigenvalue weighted by Gasteiger charge is -2.28. The lowest BCUT2D eigenvalue weighted by Crippen LogP contribution is -2.28. The summed E-state index contributed by atoms with van der Waals surface area (Å²) in [5.41, 5.74) is 2.04. The molecule has 0 atom stereocenters. The van der Waals surface area contributed by atoms with Crippen molar-refractivity contribution in [2.75, 3.05) is 30.4 Å². The number of nitrogens with zero attached hydrogens (tertiary/aromatic N) is 1. The Kier molecular flexibility index (Phi) is 4.14. The van der Waals surface area contributed by atoms with Gasteiger partial charge in [-0.1, -0.05) is 23.2 Å². The van der Waals surface area contributed by atoms with E-state index in [9.17, 15) is 4.79 Å². The summed E-state index contributed by atoms with van der Waals surface area (Å²) < 4.78 is 5.62. The highest BCUT2D eigenvalue weighted by Gasteiger charge is 2.16. The molecule has 1 aliphatic heterocycles. The average Bonchev–Trinajstić information content (AvgIpc) is 2.47. The van der Waals surface area contributed by atoms with Gasteiger partial charge < -0.3 is 15.0 Å². The molecule has 114 valence electrons. The van der Waals surface area contributed by atoms with Crippen molar-refractivity contribution in [3.8, 4) is 5.75 Å². The minimum absolute atomic E-state index is 0.286. The lowest BCUT2D eigenvalue weighted by atomic mass is 10.2. The van der Waals surface area contributed by atoms with Crippen LogP contribution in [0.2, 0.25) is 10.0 Å². The number of amides is 1. The molecule has 1 aliphatic rings. The van der Waals surface area contributed by atoms with Gasteiger partial charge in [-0.3, -0.25) is 4.79 Å². The molecule has 0 radical (unpaired) electrons. The number of hydrogen-bond donors (Lipinski definition) is 1. The summed E-state index contributed by atoms with van der Waals surface area (Å²) in [6.07, 6.45) is 0. The largest absolute Gasteiger partial charge is 0.489 e. The first-order chi connectivity index (χ1) is 10.5. The Labute approximate surface area is 138 Å². The molecule has 0 bridgehead atoms. The van der Waals surface area contributed by atoms with Gasteiger partial charge in [0.2, 0.25) is 0 Å². The minimum atomic E-state index is -0.286. The summed E-state index contributed by atoms with van der Waals surface area (Å²) in [5.74, 6) is 0.472. The number of halogens is 2. The van der Waals surface area contributed by atoms with Crippen LogP contribution in [-0.4, -0.2) is 26.1 Å². The van der Waals surface area contributed by atoms with Crippen molar-refractivity contribution >= 4 is 40.5 Å². The average molecular weight is 337 g/mol. The summed E-state index contributed by atoms with van der Waals surface area (Å²) in [5, 5.41) is 3.63. The molecule has 0 fully saturated rings. The monoisotopic (exact) mass is 336 g/mol. The zero-order chi connectivity index (χ0) is 15.7. The van der Waals surface area contributed by atoms with Crippen LogP contribution in [0.25, 0.3) is 0 Å². The third-order valence-electron chi connectivity index (χ3n) is 3.49. The van der Waals surface area contributed by atoms with E-state index in [4.69, 9.17) is 27.9 Å². The van der Waals surface area contributed by atoms with Gasteiger partial charge in [-0.05, 0) is 30.3 Å². The van der Waals surface area contributed by atoms with Gasteiger partial charge >= 0.3 is 0 Å². The highest BCUT2D eigenvalue weighted by Crippen LogP contribution is 2.33. The fourth-order valence-electron chi connectivity index (χ4n) is 2.31. The van der Waals surface area contributed by atoms with Crippen LogP contribution in [0.1, 0.15) is 10.4 Å². The van der Waals surface area contributed by atoms with Gasteiger partial charge in [-0.25, -0.2) is 0 Å². The Morgan fingerprint density at radius 3 is 2.82 bits per heavy atom. The predicted octanol–water partition coefficient (Wildman–Crippen LogP) is 4.07. The van der Waals surface area contributed by atoms with Gasteiger partial charge in [0, 0.05) is 23.8 Å². The maximum absolute atomic E-state index is 12.3. The van der Waals surface area contributed by atoms with Crippen molar-refractivity contribution in [1.29, 1.82) is 0 Å². The van der Waals surface area contributed by atoms with Crippen LogP contribution < -0.4 is 15.0 Å². The van der Waals surface area contributed by atoms with Gasteiger partial charge in [0.1, 0.15) is 12.4 Å². The molecule has 0 saturated heterocycles. The zero-order valence-corrected chi connectivity index (χ0v) is 13.4. The Morgan fingerprint density at radius 2 is 2.05 bits per heavy atom. The third-order valence-corrected chi connectivity index (χ3v) is 4.04. The van der Waals surface area contributed by atoms with Crippen LogP contribution in [0, 0.1) is 0 Å². The van der Waals surface area contributed by atoms with Crippen molar-refractivity contribution in [2.24, 2.45) is 0 Å². The molecule has 3 rings (SSSR count). The first-order valence-electron chi connectivity index (χ1n) is 6.79. The van der Waals surface area contributed by atoms with Gasteiger partial charge in [0.25, 0.3) is 5.91 Å². The van der Waals surface area contributed by atoms with Gasteiger partial charge in [-0.15, -0.1) is 0 Å². The number of nitrogens with one attached hydrogen (secondary N) is 1. The number of rotatable bonds is 2. The Hall–Kier alpha value is -1.91. The van der Waals surface area contributed by atoms with Crippen molar-refractivity contribution < 1.29 is 9.53 Å². The quantitative estimate of drug-likeness (QED) is 0.898. The molecular formula is C16H14Cl2N2O2. The number of fused-ring (bicyclic) bond motifs is 1. The molecular weight excluding hydrogens is 323 g/mol. The number of benzene rings is 2. The number of hydrogen-bond acceptors (Lipinski definition) is 3. The second-order valence-electron chi connectivity index (χ2n) is 5.03. The van der Waals surface area contributed by atoms with E-state index in [2.05, 4.69) is 10.2 Å². The Balaban J connectivity index is 1.82. The van der Waals surface area contributed by atoms with Crippen molar-refractivity contribution in [3.63, 3.8) is 0 Å². The normalized spacial score (nSPS) is 13.3. The number of carbonyl (C=O) groups excluding carboxylic acids is 1. The fraction of sp³-hybridized carbons (Fsp3) is 0.188. The maximum atomic E-state index is 12.3.